The average molecular weight is 316 g/mol. The van der Waals surface area contributed by atoms with Crippen molar-refractivity contribution in [3.05, 3.63) is 45.4 Å². The summed E-state index contributed by atoms with van der Waals surface area (Å²) in [5, 5.41) is 3.99. The number of aryl methyl sites for hydroxylation is 2. The first-order valence-electron chi connectivity index (χ1n) is 7.72. The first-order chi connectivity index (χ1) is 10.4. The summed E-state index contributed by atoms with van der Waals surface area (Å²) in [6, 6.07) is 8.08. The summed E-state index contributed by atoms with van der Waals surface area (Å²) >= 11 is 1.44. The molecular formula is C18H24N2OS. The third kappa shape index (κ3) is 3.95. The minimum Gasteiger partial charge on any atom is -0.321 e. The molecule has 1 unspecified atom stereocenters. The topological polar surface area (TPSA) is 42.0 Å². The zero-order valence-corrected chi connectivity index (χ0v) is 14.8. The number of hydrogen-bond donors (Lipinski definition) is 1. The molecule has 1 aromatic heterocycles. The predicted molar refractivity (Wildman–Crippen MR) is 93.9 cm³/mol. The van der Waals surface area contributed by atoms with Crippen molar-refractivity contribution in [2.75, 3.05) is 5.32 Å². The fraction of sp³-hybridized carbons (Fsp3) is 0.444. The van der Waals surface area contributed by atoms with Gasteiger partial charge in [0.2, 0.25) is 0 Å². The Labute approximate surface area is 136 Å². The third-order valence-electron chi connectivity index (χ3n) is 3.67. The lowest BCUT2D eigenvalue weighted by Gasteiger charge is -2.18. The normalized spacial score (nSPS) is 12.5. The molecule has 118 valence electrons. The van der Waals surface area contributed by atoms with Crippen molar-refractivity contribution in [3.8, 4) is 0 Å². The van der Waals surface area contributed by atoms with E-state index in [0.717, 1.165) is 22.8 Å². The monoisotopic (exact) mass is 316 g/mol. The van der Waals surface area contributed by atoms with Gasteiger partial charge in [0.05, 0.1) is 10.7 Å². The maximum Gasteiger partial charge on any atom is 0.267 e. The van der Waals surface area contributed by atoms with Crippen molar-refractivity contribution in [2.45, 2.75) is 47.0 Å². The van der Waals surface area contributed by atoms with Crippen LogP contribution in [0.25, 0.3) is 0 Å². The van der Waals surface area contributed by atoms with E-state index < -0.39 is 0 Å². The fourth-order valence-corrected chi connectivity index (χ4v) is 3.61. The average Bonchev–Trinajstić information content (AvgIpc) is 2.77. The van der Waals surface area contributed by atoms with Crippen LogP contribution in [0.2, 0.25) is 0 Å². The van der Waals surface area contributed by atoms with Crippen LogP contribution in [0.4, 0.5) is 5.69 Å². The van der Waals surface area contributed by atoms with Crippen LogP contribution in [-0.2, 0) is 0 Å². The van der Waals surface area contributed by atoms with E-state index in [1.54, 1.807) is 0 Å². The molecule has 0 saturated heterocycles. The molecule has 1 N–H and O–H groups in total. The fourth-order valence-electron chi connectivity index (χ4n) is 2.80. The zero-order valence-electron chi connectivity index (χ0n) is 13.9. The van der Waals surface area contributed by atoms with E-state index in [9.17, 15) is 4.79 Å². The molecule has 4 heteroatoms. The SMILES string of the molecule is Cc1nc(C)c(C(=O)Nc2ccccc2C(C)CC(C)C)s1. The molecule has 0 spiro atoms. The molecule has 0 aliphatic heterocycles. The molecule has 1 amide bonds. The van der Waals surface area contributed by atoms with Gasteiger partial charge in [-0.05, 0) is 43.7 Å². The molecule has 0 radical (unpaired) electrons. The van der Waals surface area contributed by atoms with E-state index in [4.69, 9.17) is 0 Å². The number of rotatable bonds is 5. The highest BCUT2D eigenvalue weighted by molar-refractivity contribution is 7.13. The highest BCUT2D eigenvalue weighted by Crippen LogP contribution is 2.30. The van der Waals surface area contributed by atoms with Gasteiger partial charge in [-0.2, -0.15) is 0 Å². The van der Waals surface area contributed by atoms with Gasteiger partial charge in [-0.15, -0.1) is 11.3 Å². The number of thiazole rings is 1. The van der Waals surface area contributed by atoms with E-state index in [2.05, 4.69) is 37.1 Å². The Hall–Kier alpha value is -1.68. The lowest BCUT2D eigenvalue weighted by Crippen LogP contribution is -2.14. The van der Waals surface area contributed by atoms with Gasteiger partial charge in [-0.3, -0.25) is 4.79 Å². The van der Waals surface area contributed by atoms with E-state index in [-0.39, 0.29) is 5.91 Å². The number of para-hydroxylation sites is 1. The first-order valence-corrected chi connectivity index (χ1v) is 8.54. The maximum absolute atomic E-state index is 12.5. The van der Waals surface area contributed by atoms with Crippen molar-refractivity contribution in [3.63, 3.8) is 0 Å². The Morgan fingerprint density at radius 2 is 1.91 bits per heavy atom. The Bertz CT molecular complexity index is 661. The van der Waals surface area contributed by atoms with Crippen LogP contribution in [-0.4, -0.2) is 10.9 Å². The summed E-state index contributed by atoms with van der Waals surface area (Å²) in [6.07, 6.45) is 1.10. The highest BCUT2D eigenvalue weighted by atomic mass is 32.1. The second-order valence-corrected chi connectivity index (χ2v) is 7.42. The van der Waals surface area contributed by atoms with Crippen molar-refractivity contribution >= 4 is 22.9 Å². The number of amides is 1. The van der Waals surface area contributed by atoms with E-state index in [1.165, 1.54) is 16.9 Å². The number of nitrogens with zero attached hydrogens (tertiary/aromatic N) is 1. The lowest BCUT2D eigenvalue weighted by atomic mass is 9.91. The molecule has 2 aromatic rings. The summed E-state index contributed by atoms with van der Waals surface area (Å²) in [7, 11) is 0. The van der Waals surface area contributed by atoms with Crippen LogP contribution in [0.1, 0.15) is 59.0 Å². The lowest BCUT2D eigenvalue weighted by molar-refractivity contribution is 0.102. The molecular weight excluding hydrogens is 292 g/mol. The number of anilines is 1. The largest absolute Gasteiger partial charge is 0.321 e. The van der Waals surface area contributed by atoms with Crippen molar-refractivity contribution in [1.29, 1.82) is 0 Å². The number of carbonyl (C=O) groups is 1. The van der Waals surface area contributed by atoms with Gasteiger partial charge in [0.25, 0.3) is 5.91 Å². The molecule has 2 rings (SSSR count). The van der Waals surface area contributed by atoms with Gasteiger partial charge in [0.15, 0.2) is 0 Å². The Morgan fingerprint density at radius 3 is 2.50 bits per heavy atom. The first kappa shape index (κ1) is 16.7. The number of nitrogens with one attached hydrogen (secondary N) is 1. The molecule has 0 saturated carbocycles. The standard InChI is InChI=1S/C18H24N2OS/c1-11(2)10-12(3)15-8-6-7-9-16(15)20-18(21)17-13(4)19-14(5)22-17/h6-9,11-12H,10H2,1-5H3,(H,20,21). The summed E-state index contributed by atoms with van der Waals surface area (Å²) in [5.74, 6) is 0.984. The molecule has 3 nitrogen and oxygen atoms in total. The van der Waals surface area contributed by atoms with Gasteiger partial charge in [-0.25, -0.2) is 4.98 Å². The van der Waals surface area contributed by atoms with Gasteiger partial charge in [-0.1, -0.05) is 39.0 Å². The molecule has 0 aliphatic rings. The predicted octanol–water partition coefficient (Wildman–Crippen LogP) is 5.16. The van der Waals surface area contributed by atoms with Crippen LogP contribution in [0.15, 0.2) is 24.3 Å². The second-order valence-electron chi connectivity index (χ2n) is 6.22. The van der Waals surface area contributed by atoms with Gasteiger partial charge >= 0.3 is 0 Å². The highest BCUT2D eigenvalue weighted by Gasteiger charge is 2.17. The second kappa shape index (κ2) is 7.05. The molecule has 1 aromatic carbocycles. The Morgan fingerprint density at radius 1 is 1.23 bits per heavy atom. The molecule has 0 fully saturated rings. The Balaban J connectivity index is 2.23. The van der Waals surface area contributed by atoms with E-state index >= 15 is 0 Å². The summed E-state index contributed by atoms with van der Waals surface area (Å²) in [6.45, 7) is 10.5. The van der Waals surface area contributed by atoms with E-state index in [0.29, 0.717) is 16.7 Å². The van der Waals surface area contributed by atoms with Crippen LogP contribution in [0, 0.1) is 19.8 Å². The molecule has 1 atom stereocenters. The summed E-state index contributed by atoms with van der Waals surface area (Å²) in [4.78, 5) is 17.5. The van der Waals surface area contributed by atoms with Gasteiger partial charge in [0.1, 0.15) is 4.88 Å². The minimum atomic E-state index is -0.0627. The molecule has 22 heavy (non-hydrogen) atoms. The summed E-state index contributed by atoms with van der Waals surface area (Å²) < 4.78 is 0. The summed E-state index contributed by atoms with van der Waals surface area (Å²) in [5.41, 5.74) is 2.90. The third-order valence-corrected chi connectivity index (χ3v) is 4.75. The molecule has 0 aliphatic carbocycles. The quantitative estimate of drug-likeness (QED) is 0.827. The van der Waals surface area contributed by atoms with Crippen molar-refractivity contribution in [2.24, 2.45) is 5.92 Å². The number of benzene rings is 1. The number of aromatic nitrogens is 1. The van der Waals surface area contributed by atoms with Gasteiger partial charge in [0, 0.05) is 5.69 Å². The van der Waals surface area contributed by atoms with Crippen molar-refractivity contribution < 1.29 is 4.79 Å². The van der Waals surface area contributed by atoms with Crippen LogP contribution in [0.3, 0.4) is 0 Å². The maximum atomic E-state index is 12.5. The Kier molecular flexibility index (Phi) is 5.35. The molecule has 1 heterocycles. The number of hydrogen-bond acceptors (Lipinski definition) is 3. The van der Waals surface area contributed by atoms with Crippen LogP contribution in [0.5, 0.6) is 0 Å². The van der Waals surface area contributed by atoms with Crippen LogP contribution >= 0.6 is 11.3 Å². The molecule has 0 bridgehead atoms. The van der Waals surface area contributed by atoms with E-state index in [1.807, 2.05) is 32.0 Å². The van der Waals surface area contributed by atoms with Crippen LogP contribution < -0.4 is 5.32 Å². The van der Waals surface area contributed by atoms with Crippen molar-refractivity contribution in [1.82, 2.24) is 4.98 Å². The zero-order chi connectivity index (χ0) is 16.3. The number of carbonyl (C=O) groups excluding carboxylic acids is 1. The van der Waals surface area contributed by atoms with Gasteiger partial charge < -0.3 is 5.32 Å². The minimum absolute atomic E-state index is 0.0627. The smallest absolute Gasteiger partial charge is 0.267 e.